The van der Waals surface area contributed by atoms with Crippen molar-refractivity contribution >= 4 is 22.8 Å². The number of nitro groups is 2. The van der Waals surface area contributed by atoms with Crippen molar-refractivity contribution in [3.63, 3.8) is 0 Å². The predicted octanol–water partition coefficient (Wildman–Crippen LogP) is 3.76. The second-order valence-corrected chi connectivity index (χ2v) is 5.57. The third kappa shape index (κ3) is 4.25. The monoisotopic (exact) mass is 331 g/mol. The number of hydrazone groups is 1. The summed E-state index contributed by atoms with van der Waals surface area (Å²) in [5.41, 5.74) is 2.95. The van der Waals surface area contributed by atoms with Gasteiger partial charge in [0.15, 0.2) is 0 Å². The maximum atomic E-state index is 11.1. The molecule has 9 heteroatoms. The van der Waals surface area contributed by atoms with Gasteiger partial charge in [-0.3, -0.25) is 25.7 Å². The maximum Gasteiger partial charge on any atom is 0.301 e. The highest BCUT2D eigenvalue weighted by Gasteiger charge is 2.22. The molecule has 1 aromatic carbocycles. The van der Waals surface area contributed by atoms with Gasteiger partial charge in [-0.2, -0.15) is 10.4 Å². The minimum Gasteiger partial charge on any atom is -0.272 e. The molecule has 1 atom stereocenters. The largest absolute Gasteiger partial charge is 0.301 e. The minimum absolute atomic E-state index is 0.114. The molecule has 1 aliphatic rings. The zero-order valence-corrected chi connectivity index (χ0v) is 13.0. The van der Waals surface area contributed by atoms with Crippen LogP contribution in [-0.2, 0) is 0 Å². The number of nitrogens with one attached hydrogen (secondary N) is 1. The Morgan fingerprint density at radius 1 is 1.29 bits per heavy atom. The molecule has 0 radical (unpaired) electrons. The van der Waals surface area contributed by atoms with E-state index in [9.17, 15) is 20.2 Å². The normalized spacial score (nSPS) is 18.8. The predicted molar refractivity (Wildman–Crippen MR) is 87.6 cm³/mol. The molecule has 0 amide bonds. The standard InChI is InChI=1S/C15H17N5O4/c16-9-3-5-11-4-1-2-6-13(11)17-18-14-8-7-12(19(21)22)10-15(14)20(23)24/h7-8,10-11,18H,1-6H2/b17-13-/t11-/m0/s1. The van der Waals surface area contributed by atoms with Crippen molar-refractivity contribution in [3.05, 3.63) is 38.4 Å². The molecular formula is C15H17N5O4. The van der Waals surface area contributed by atoms with E-state index in [1.54, 1.807) is 0 Å². The lowest BCUT2D eigenvalue weighted by molar-refractivity contribution is -0.393. The Labute approximate surface area is 138 Å². The summed E-state index contributed by atoms with van der Waals surface area (Å²) in [6, 6.07) is 5.52. The average Bonchev–Trinajstić information content (AvgIpc) is 2.58. The van der Waals surface area contributed by atoms with E-state index < -0.39 is 15.5 Å². The fraction of sp³-hybridized carbons (Fsp3) is 0.467. The molecule has 0 heterocycles. The van der Waals surface area contributed by atoms with Crippen LogP contribution < -0.4 is 5.43 Å². The quantitative estimate of drug-likeness (QED) is 0.622. The number of nitro benzene ring substituents is 2. The summed E-state index contributed by atoms with van der Waals surface area (Å²) in [5, 5.41) is 34.9. The van der Waals surface area contributed by atoms with Crippen molar-refractivity contribution in [2.24, 2.45) is 11.0 Å². The number of hydrogen-bond donors (Lipinski definition) is 1. The molecule has 1 aliphatic carbocycles. The molecule has 0 saturated heterocycles. The third-order valence-electron chi connectivity index (χ3n) is 4.02. The molecule has 0 unspecified atom stereocenters. The van der Waals surface area contributed by atoms with E-state index in [1.807, 2.05) is 0 Å². The van der Waals surface area contributed by atoms with Crippen molar-refractivity contribution in [2.75, 3.05) is 5.43 Å². The Bertz CT molecular complexity index is 710. The molecule has 0 aromatic heterocycles. The highest BCUT2D eigenvalue weighted by Crippen LogP contribution is 2.30. The fourth-order valence-electron chi connectivity index (χ4n) is 2.78. The third-order valence-corrected chi connectivity index (χ3v) is 4.02. The van der Waals surface area contributed by atoms with Gasteiger partial charge < -0.3 is 0 Å². The molecule has 9 nitrogen and oxygen atoms in total. The van der Waals surface area contributed by atoms with Crippen LogP contribution >= 0.6 is 0 Å². The molecule has 2 rings (SSSR count). The highest BCUT2D eigenvalue weighted by molar-refractivity contribution is 5.88. The van der Waals surface area contributed by atoms with Gasteiger partial charge in [0, 0.05) is 24.1 Å². The van der Waals surface area contributed by atoms with Gasteiger partial charge in [-0.05, 0) is 31.7 Å². The topological polar surface area (TPSA) is 134 Å². The molecule has 126 valence electrons. The summed E-state index contributed by atoms with van der Waals surface area (Å²) < 4.78 is 0. The number of nitrogens with zero attached hydrogens (tertiary/aromatic N) is 4. The number of non-ortho nitro benzene ring substituents is 1. The summed E-state index contributed by atoms with van der Waals surface area (Å²) in [5.74, 6) is 0.197. The molecule has 24 heavy (non-hydrogen) atoms. The van der Waals surface area contributed by atoms with Gasteiger partial charge >= 0.3 is 5.69 Å². The molecular weight excluding hydrogens is 314 g/mol. The van der Waals surface area contributed by atoms with Crippen molar-refractivity contribution in [2.45, 2.75) is 38.5 Å². The molecule has 1 N–H and O–H groups in total. The molecule has 1 saturated carbocycles. The minimum atomic E-state index is -0.679. The summed E-state index contributed by atoms with van der Waals surface area (Å²) in [4.78, 5) is 20.5. The van der Waals surface area contributed by atoms with E-state index >= 15 is 0 Å². The lowest BCUT2D eigenvalue weighted by atomic mass is 9.84. The molecule has 0 spiro atoms. The smallest absolute Gasteiger partial charge is 0.272 e. The van der Waals surface area contributed by atoms with Crippen LogP contribution in [0.25, 0.3) is 0 Å². The van der Waals surface area contributed by atoms with Crippen molar-refractivity contribution in [1.29, 1.82) is 5.26 Å². The Hall–Kier alpha value is -3.02. The first-order chi connectivity index (χ1) is 11.5. The Balaban J connectivity index is 2.21. The fourth-order valence-corrected chi connectivity index (χ4v) is 2.78. The zero-order valence-electron chi connectivity index (χ0n) is 13.0. The lowest BCUT2D eigenvalue weighted by Crippen LogP contribution is -2.20. The van der Waals surface area contributed by atoms with Crippen LogP contribution in [0.4, 0.5) is 17.1 Å². The number of nitriles is 1. The zero-order chi connectivity index (χ0) is 17.5. The van der Waals surface area contributed by atoms with Crippen LogP contribution in [0, 0.1) is 37.5 Å². The molecule has 1 fully saturated rings. The lowest BCUT2D eigenvalue weighted by Gasteiger charge is -2.23. The van der Waals surface area contributed by atoms with Crippen LogP contribution in [0.3, 0.4) is 0 Å². The first kappa shape index (κ1) is 17.3. The summed E-state index contributed by atoms with van der Waals surface area (Å²) in [6.45, 7) is 0. The Morgan fingerprint density at radius 2 is 2.08 bits per heavy atom. The Kier molecular flexibility index (Phi) is 5.78. The average molecular weight is 331 g/mol. The second-order valence-electron chi connectivity index (χ2n) is 5.57. The second kappa shape index (κ2) is 8.01. The summed E-state index contributed by atoms with van der Waals surface area (Å²) >= 11 is 0. The van der Waals surface area contributed by atoms with Crippen LogP contribution in [0.1, 0.15) is 38.5 Å². The van der Waals surface area contributed by atoms with E-state index in [-0.39, 0.29) is 17.3 Å². The Morgan fingerprint density at radius 3 is 2.75 bits per heavy atom. The number of rotatable bonds is 6. The van der Waals surface area contributed by atoms with Gasteiger partial charge in [0.1, 0.15) is 5.69 Å². The number of anilines is 1. The van der Waals surface area contributed by atoms with E-state index in [0.29, 0.717) is 6.42 Å². The summed E-state index contributed by atoms with van der Waals surface area (Å²) in [7, 11) is 0. The van der Waals surface area contributed by atoms with Crippen LogP contribution in [0.2, 0.25) is 0 Å². The van der Waals surface area contributed by atoms with Gasteiger partial charge in [0.25, 0.3) is 5.69 Å². The van der Waals surface area contributed by atoms with Crippen LogP contribution in [0.5, 0.6) is 0 Å². The van der Waals surface area contributed by atoms with E-state index in [4.69, 9.17) is 5.26 Å². The van der Waals surface area contributed by atoms with Crippen LogP contribution in [0.15, 0.2) is 23.3 Å². The van der Waals surface area contributed by atoms with Crippen molar-refractivity contribution in [3.8, 4) is 6.07 Å². The molecule has 0 bridgehead atoms. The first-order valence-corrected chi connectivity index (χ1v) is 7.65. The molecule has 0 aliphatic heterocycles. The SMILES string of the molecule is N#CCC[C@@H]1CCCC/C1=N/Nc1ccc([N+](=O)[O-])cc1[N+](=O)[O-]. The highest BCUT2D eigenvalue weighted by atomic mass is 16.6. The van der Waals surface area contributed by atoms with Crippen LogP contribution in [-0.4, -0.2) is 15.6 Å². The number of benzene rings is 1. The summed E-state index contributed by atoms with van der Waals surface area (Å²) in [6.07, 6.45) is 4.97. The van der Waals surface area contributed by atoms with Gasteiger partial charge in [-0.15, -0.1) is 0 Å². The molecule has 1 aromatic rings. The van der Waals surface area contributed by atoms with Gasteiger partial charge in [0.2, 0.25) is 0 Å². The van der Waals surface area contributed by atoms with Gasteiger partial charge in [-0.1, -0.05) is 6.42 Å². The van der Waals surface area contributed by atoms with E-state index in [1.165, 1.54) is 12.1 Å². The van der Waals surface area contributed by atoms with Gasteiger partial charge in [0.05, 0.1) is 22.0 Å². The maximum absolute atomic E-state index is 11.1. The van der Waals surface area contributed by atoms with Crippen molar-refractivity contribution < 1.29 is 9.85 Å². The van der Waals surface area contributed by atoms with Gasteiger partial charge in [-0.25, -0.2) is 0 Å². The first-order valence-electron chi connectivity index (χ1n) is 7.65. The van der Waals surface area contributed by atoms with Crippen molar-refractivity contribution in [1.82, 2.24) is 0 Å². The van der Waals surface area contributed by atoms with E-state index in [0.717, 1.165) is 43.9 Å². The number of hydrogen-bond acceptors (Lipinski definition) is 7. The van der Waals surface area contributed by atoms with E-state index in [2.05, 4.69) is 16.6 Å².